The summed E-state index contributed by atoms with van der Waals surface area (Å²) in [6.45, 7) is 5.57. The zero-order chi connectivity index (χ0) is 22.0. The number of tetrazole rings is 1. The highest BCUT2D eigenvalue weighted by Crippen LogP contribution is 2.28. The number of aromatic nitrogens is 7. The van der Waals surface area contributed by atoms with Crippen LogP contribution in [0.3, 0.4) is 0 Å². The lowest BCUT2D eigenvalue weighted by molar-refractivity contribution is -0.394. The van der Waals surface area contributed by atoms with E-state index in [2.05, 4.69) is 25.6 Å². The van der Waals surface area contributed by atoms with E-state index >= 15 is 0 Å². The van der Waals surface area contributed by atoms with Gasteiger partial charge in [0.15, 0.2) is 0 Å². The maximum Gasteiger partial charge on any atom is 0.492 e. The van der Waals surface area contributed by atoms with Gasteiger partial charge in [-0.15, -0.1) is 5.10 Å². The van der Waals surface area contributed by atoms with Gasteiger partial charge in [-0.05, 0) is 45.8 Å². The molecule has 0 aliphatic carbocycles. The first kappa shape index (κ1) is 20.9. The Labute approximate surface area is 180 Å². The molecule has 0 bridgehead atoms. The summed E-state index contributed by atoms with van der Waals surface area (Å²) in [5.41, 5.74) is 2.83. The quantitative estimate of drug-likeness (QED) is 0.394. The number of carbonyl (C=O) groups excluding carboxylic acids is 1. The molecule has 3 heterocycles. The van der Waals surface area contributed by atoms with Gasteiger partial charge in [-0.2, -0.15) is 9.36 Å². The first-order valence-electron chi connectivity index (χ1n) is 9.41. The number of nitro groups is 1. The Bertz CT molecular complexity index is 1120. The second-order valence-electron chi connectivity index (χ2n) is 6.87. The molecular formula is C17H19N9O4S. The highest BCUT2D eigenvalue weighted by molar-refractivity contribution is 7.99. The van der Waals surface area contributed by atoms with Gasteiger partial charge in [0, 0.05) is 30.0 Å². The first-order chi connectivity index (χ1) is 14.9. The standard InChI is InChI=1S/C17H19N9O4S/c1-11-3-4-13(12(2)9-11)25-17(19-21-22-25)31-16-18-15(26(28)29)20-24(16)10-14(27)23-5-7-30-8-6-23/h3-4,9H,5-8,10H2,1-2H3. The Hall–Kier alpha value is -3.39. The maximum atomic E-state index is 12.6. The van der Waals surface area contributed by atoms with Crippen molar-refractivity contribution in [2.75, 3.05) is 26.3 Å². The van der Waals surface area contributed by atoms with Crippen LogP contribution >= 0.6 is 11.8 Å². The molecule has 14 heteroatoms. The Morgan fingerprint density at radius 1 is 1.26 bits per heavy atom. The maximum absolute atomic E-state index is 12.6. The van der Waals surface area contributed by atoms with Crippen molar-refractivity contribution in [2.45, 2.75) is 30.7 Å². The Kier molecular flexibility index (Phi) is 5.90. The number of benzene rings is 1. The van der Waals surface area contributed by atoms with Crippen LogP contribution in [-0.4, -0.2) is 77.0 Å². The van der Waals surface area contributed by atoms with Gasteiger partial charge in [-0.25, -0.2) is 0 Å². The largest absolute Gasteiger partial charge is 0.492 e. The van der Waals surface area contributed by atoms with Gasteiger partial charge in [-0.1, -0.05) is 17.7 Å². The van der Waals surface area contributed by atoms with Crippen LogP contribution in [0, 0.1) is 24.0 Å². The third-order valence-electron chi connectivity index (χ3n) is 4.64. The monoisotopic (exact) mass is 445 g/mol. The van der Waals surface area contributed by atoms with Crippen molar-refractivity contribution in [1.82, 2.24) is 39.9 Å². The van der Waals surface area contributed by atoms with E-state index in [0.717, 1.165) is 28.6 Å². The molecule has 0 spiro atoms. The molecule has 0 saturated carbocycles. The highest BCUT2D eigenvalue weighted by atomic mass is 32.2. The second-order valence-corrected chi connectivity index (χ2v) is 7.80. The van der Waals surface area contributed by atoms with Crippen LogP contribution in [0.1, 0.15) is 11.1 Å². The lowest BCUT2D eigenvalue weighted by Gasteiger charge is -2.26. The molecule has 0 N–H and O–H groups in total. The van der Waals surface area contributed by atoms with Gasteiger partial charge in [0.2, 0.25) is 11.1 Å². The van der Waals surface area contributed by atoms with Crippen LogP contribution in [-0.2, 0) is 16.1 Å². The fraction of sp³-hybridized carbons (Fsp3) is 0.412. The van der Waals surface area contributed by atoms with E-state index in [4.69, 9.17) is 4.74 Å². The summed E-state index contributed by atoms with van der Waals surface area (Å²) >= 11 is 0.998. The smallest absolute Gasteiger partial charge is 0.390 e. The van der Waals surface area contributed by atoms with Crippen molar-refractivity contribution in [1.29, 1.82) is 0 Å². The van der Waals surface area contributed by atoms with Gasteiger partial charge < -0.3 is 19.8 Å². The van der Waals surface area contributed by atoms with Gasteiger partial charge in [0.25, 0.3) is 5.16 Å². The number of amides is 1. The molecule has 1 aliphatic rings. The topological polar surface area (TPSA) is 147 Å². The third-order valence-corrected chi connectivity index (χ3v) is 5.56. The summed E-state index contributed by atoms with van der Waals surface area (Å²) in [7, 11) is 0. The number of hydrogen-bond acceptors (Lipinski definition) is 10. The van der Waals surface area contributed by atoms with Crippen LogP contribution in [0.2, 0.25) is 0 Å². The summed E-state index contributed by atoms with van der Waals surface area (Å²) in [5.74, 6) is -0.818. The summed E-state index contributed by atoms with van der Waals surface area (Å²) in [4.78, 5) is 28.7. The molecule has 2 aromatic heterocycles. The number of nitrogens with zero attached hydrogens (tertiary/aromatic N) is 9. The summed E-state index contributed by atoms with van der Waals surface area (Å²) in [6, 6.07) is 5.83. The predicted octanol–water partition coefficient (Wildman–Crippen LogP) is 0.789. The second kappa shape index (κ2) is 8.77. The lowest BCUT2D eigenvalue weighted by atomic mass is 10.1. The van der Waals surface area contributed by atoms with Crippen LogP contribution in [0.4, 0.5) is 5.95 Å². The lowest BCUT2D eigenvalue weighted by Crippen LogP contribution is -2.42. The highest BCUT2D eigenvalue weighted by Gasteiger charge is 2.28. The summed E-state index contributed by atoms with van der Waals surface area (Å²) < 4.78 is 7.99. The molecule has 3 aromatic rings. The molecule has 4 rings (SSSR count). The fourth-order valence-electron chi connectivity index (χ4n) is 3.13. The van der Waals surface area contributed by atoms with Crippen LogP contribution in [0.25, 0.3) is 5.69 Å². The Balaban J connectivity index is 1.62. The minimum absolute atomic E-state index is 0.147. The van der Waals surface area contributed by atoms with E-state index < -0.39 is 10.9 Å². The SMILES string of the molecule is Cc1ccc(-n2nnnc2Sc2nc([N+](=O)[O-])nn2CC(=O)N2CCOCC2)c(C)c1. The van der Waals surface area contributed by atoms with Crippen LogP contribution in [0.5, 0.6) is 0 Å². The van der Waals surface area contributed by atoms with Crippen LogP contribution in [0.15, 0.2) is 28.5 Å². The number of aryl methyl sites for hydroxylation is 2. The van der Waals surface area contributed by atoms with E-state index in [1.54, 1.807) is 4.90 Å². The van der Waals surface area contributed by atoms with E-state index in [1.165, 1.54) is 9.36 Å². The molecule has 1 amide bonds. The van der Waals surface area contributed by atoms with Crippen molar-refractivity contribution in [3.05, 3.63) is 39.4 Å². The molecule has 0 atom stereocenters. The van der Waals surface area contributed by atoms with E-state index in [-0.39, 0.29) is 17.6 Å². The van der Waals surface area contributed by atoms with Gasteiger partial charge >= 0.3 is 5.95 Å². The van der Waals surface area contributed by atoms with Gasteiger partial charge in [-0.3, -0.25) is 4.79 Å². The minimum atomic E-state index is -0.702. The molecule has 0 unspecified atom stereocenters. The third kappa shape index (κ3) is 4.54. The molecule has 1 fully saturated rings. The van der Waals surface area contributed by atoms with E-state index in [9.17, 15) is 14.9 Å². The van der Waals surface area contributed by atoms with Crippen molar-refractivity contribution < 1.29 is 14.5 Å². The Morgan fingerprint density at radius 2 is 2.03 bits per heavy atom. The summed E-state index contributed by atoms with van der Waals surface area (Å²) in [5, 5.41) is 27.4. The molecule has 1 aromatic carbocycles. The minimum Gasteiger partial charge on any atom is -0.390 e. The first-order valence-corrected chi connectivity index (χ1v) is 10.2. The van der Waals surface area contributed by atoms with E-state index in [0.29, 0.717) is 31.5 Å². The molecule has 1 saturated heterocycles. The predicted molar refractivity (Wildman–Crippen MR) is 107 cm³/mol. The zero-order valence-electron chi connectivity index (χ0n) is 16.8. The number of carbonyl (C=O) groups is 1. The number of hydrogen-bond donors (Lipinski definition) is 0. The van der Waals surface area contributed by atoms with Crippen LogP contribution < -0.4 is 0 Å². The van der Waals surface area contributed by atoms with Crippen molar-refractivity contribution in [2.24, 2.45) is 0 Å². The fourth-order valence-corrected chi connectivity index (χ4v) is 3.93. The van der Waals surface area contributed by atoms with E-state index in [1.807, 2.05) is 32.0 Å². The summed E-state index contributed by atoms with van der Waals surface area (Å²) in [6.07, 6.45) is 0. The van der Waals surface area contributed by atoms with Gasteiger partial charge in [0.05, 0.1) is 18.9 Å². The van der Waals surface area contributed by atoms with Crippen molar-refractivity contribution >= 4 is 23.6 Å². The molecule has 31 heavy (non-hydrogen) atoms. The number of morpholine rings is 1. The number of ether oxygens (including phenoxy) is 1. The average molecular weight is 445 g/mol. The van der Waals surface area contributed by atoms with Crippen molar-refractivity contribution in [3.8, 4) is 5.69 Å². The Morgan fingerprint density at radius 3 is 2.74 bits per heavy atom. The van der Waals surface area contributed by atoms with Gasteiger partial charge in [0.1, 0.15) is 6.54 Å². The van der Waals surface area contributed by atoms with Crippen molar-refractivity contribution in [3.63, 3.8) is 0 Å². The normalized spacial score (nSPS) is 14.1. The molecule has 162 valence electrons. The molecule has 1 aliphatic heterocycles. The zero-order valence-corrected chi connectivity index (χ0v) is 17.7. The average Bonchev–Trinajstić information content (AvgIpc) is 3.36. The number of rotatable bonds is 6. The molecule has 13 nitrogen and oxygen atoms in total. The molecular weight excluding hydrogens is 426 g/mol. The molecule has 0 radical (unpaired) electrons.